The van der Waals surface area contributed by atoms with Crippen LogP contribution in [0, 0.1) is 19.7 Å². The predicted molar refractivity (Wildman–Crippen MR) is 84.7 cm³/mol. The zero-order valence-corrected chi connectivity index (χ0v) is 13.4. The third-order valence-electron chi connectivity index (χ3n) is 3.96. The van der Waals surface area contributed by atoms with Gasteiger partial charge in [0, 0.05) is 34.3 Å². The number of thiophene rings is 1. The van der Waals surface area contributed by atoms with Crippen LogP contribution in [0.2, 0.25) is 0 Å². The molecule has 2 heterocycles. The molecule has 0 saturated carbocycles. The lowest BCUT2D eigenvalue weighted by Crippen LogP contribution is -2.31. The van der Waals surface area contributed by atoms with E-state index >= 15 is 0 Å². The van der Waals surface area contributed by atoms with Crippen LogP contribution in [0.4, 0.5) is 4.39 Å². The van der Waals surface area contributed by atoms with E-state index in [0.717, 1.165) is 24.3 Å². The summed E-state index contributed by atoms with van der Waals surface area (Å²) in [7, 11) is 0. The van der Waals surface area contributed by atoms with Gasteiger partial charge in [0.25, 0.3) is 0 Å². The third-order valence-corrected chi connectivity index (χ3v) is 4.94. The maximum absolute atomic E-state index is 13.2. The van der Waals surface area contributed by atoms with Crippen molar-refractivity contribution in [1.82, 2.24) is 5.32 Å². The highest BCUT2D eigenvalue weighted by molar-refractivity contribution is 7.12. The van der Waals surface area contributed by atoms with Gasteiger partial charge in [0.05, 0.1) is 0 Å². The van der Waals surface area contributed by atoms with E-state index in [-0.39, 0.29) is 11.9 Å². The standard InChI is InChI=1S/C17H20FNOS/c1-10-6-16(12(3)21-10)11(2)19-9-15-8-13-7-14(18)4-5-17(13)20-15/h4-7,11,15,19H,8-9H2,1-3H3. The summed E-state index contributed by atoms with van der Waals surface area (Å²) in [6.45, 7) is 7.25. The van der Waals surface area contributed by atoms with E-state index < -0.39 is 0 Å². The van der Waals surface area contributed by atoms with Crippen LogP contribution in [0.25, 0.3) is 0 Å². The summed E-state index contributed by atoms with van der Waals surface area (Å²) in [5, 5.41) is 3.53. The number of nitrogens with one attached hydrogen (secondary N) is 1. The monoisotopic (exact) mass is 305 g/mol. The van der Waals surface area contributed by atoms with Crippen LogP contribution in [0.15, 0.2) is 24.3 Å². The fourth-order valence-corrected chi connectivity index (χ4v) is 3.92. The fraction of sp³-hybridized carbons (Fsp3) is 0.412. The van der Waals surface area contributed by atoms with Crippen molar-refractivity contribution >= 4 is 11.3 Å². The Hall–Kier alpha value is -1.39. The second kappa shape index (κ2) is 5.78. The average Bonchev–Trinajstić information content (AvgIpc) is 2.98. The molecular formula is C17H20FNOS. The van der Waals surface area contributed by atoms with Crippen LogP contribution in [0.3, 0.4) is 0 Å². The molecule has 0 saturated heterocycles. The summed E-state index contributed by atoms with van der Waals surface area (Å²) >= 11 is 1.83. The molecule has 0 spiro atoms. The van der Waals surface area contributed by atoms with Gasteiger partial charge in [0.2, 0.25) is 0 Å². The lowest BCUT2D eigenvalue weighted by Gasteiger charge is -2.17. The Bertz CT molecular complexity index is 652. The van der Waals surface area contributed by atoms with E-state index in [9.17, 15) is 4.39 Å². The average molecular weight is 305 g/mol. The molecule has 1 aliphatic heterocycles. The summed E-state index contributed by atoms with van der Waals surface area (Å²) < 4.78 is 19.1. The van der Waals surface area contributed by atoms with E-state index in [1.807, 2.05) is 11.3 Å². The van der Waals surface area contributed by atoms with Crippen LogP contribution in [-0.2, 0) is 6.42 Å². The molecule has 4 heteroatoms. The molecule has 112 valence electrons. The van der Waals surface area contributed by atoms with Crippen LogP contribution in [0.5, 0.6) is 5.75 Å². The van der Waals surface area contributed by atoms with Crippen LogP contribution in [-0.4, -0.2) is 12.6 Å². The zero-order valence-electron chi connectivity index (χ0n) is 12.6. The van der Waals surface area contributed by atoms with Gasteiger partial charge in [-0.05, 0) is 50.6 Å². The van der Waals surface area contributed by atoms with Gasteiger partial charge in [-0.25, -0.2) is 4.39 Å². The summed E-state index contributed by atoms with van der Waals surface area (Å²) in [5.41, 5.74) is 2.33. The Balaban J connectivity index is 1.58. The SMILES string of the molecule is Cc1cc(C(C)NCC2Cc3cc(F)ccc3O2)c(C)s1. The first-order valence-corrected chi connectivity index (χ1v) is 8.10. The smallest absolute Gasteiger partial charge is 0.123 e. The van der Waals surface area contributed by atoms with Gasteiger partial charge in [-0.15, -0.1) is 11.3 Å². The van der Waals surface area contributed by atoms with Gasteiger partial charge >= 0.3 is 0 Å². The minimum Gasteiger partial charge on any atom is -0.488 e. The lowest BCUT2D eigenvalue weighted by molar-refractivity contribution is 0.222. The fourth-order valence-electron chi connectivity index (χ4n) is 2.90. The zero-order chi connectivity index (χ0) is 15.0. The Morgan fingerprint density at radius 2 is 2.19 bits per heavy atom. The number of benzene rings is 1. The first-order valence-electron chi connectivity index (χ1n) is 7.28. The normalized spacial score (nSPS) is 18.4. The molecule has 2 aromatic rings. The largest absolute Gasteiger partial charge is 0.488 e. The first kappa shape index (κ1) is 14.5. The summed E-state index contributed by atoms with van der Waals surface area (Å²) in [6.07, 6.45) is 0.860. The van der Waals surface area contributed by atoms with E-state index in [1.165, 1.54) is 21.4 Å². The van der Waals surface area contributed by atoms with Crippen LogP contribution >= 0.6 is 11.3 Å². The van der Waals surface area contributed by atoms with E-state index in [2.05, 4.69) is 32.2 Å². The minimum absolute atomic E-state index is 0.0873. The Kier molecular flexibility index (Phi) is 4.00. The maximum atomic E-state index is 13.2. The molecule has 1 aromatic heterocycles. The highest BCUT2D eigenvalue weighted by Gasteiger charge is 2.24. The van der Waals surface area contributed by atoms with Gasteiger partial charge in [-0.3, -0.25) is 0 Å². The number of hydrogen-bond acceptors (Lipinski definition) is 3. The van der Waals surface area contributed by atoms with Crippen molar-refractivity contribution < 1.29 is 9.13 Å². The first-order chi connectivity index (χ1) is 10.0. The number of halogens is 1. The molecule has 0 aliphatic carbocycles. The summed E-state index contributed by atoms with van der Waals surface area (Å²) in [5.74, 6) is 0.627. The molecule has 3 rings (SSSR count). The molecule has 1 aliphatic rings. The van der Waals surface area contributed by atoms with Crippen molar-refractivity contribution in [3.63, 3.8) is 0 Å². The van der Waals surface area contributed by atoms with Gasteiger partial charge < -0.3 is 10.1 Å². The molecule has 1 N–H and O–H groups in total. The highest BCUT2D eigenvalue weighted by atomic mass is 32.1. The second-order valence-electron chi connectivity index (χ2n) is 5.69. The van der Waals surface area contributed by atoms with Gasteiger partial charge in [-0.2, -0.15) is 0 Å². The molecule has 21 heavy (non-hydrogen) atoms. The molecule has 1 aromatic carbocycles. The molecule has 0 fully saturated rings. The van der Waals surface area contributed by atoms with Gasteiger partial charge in [0.1, 0.15) is 17.7 Å². The Labute approximate surface area is 129 Å². The van der Waals surface area contributed by atoms with Crippen molar-refractivity contribution in [3.05, 3.63) is 51.0 Å². The maximum Gasteiger partial charge on any atom is 0.123 e. The van der Waals surface area contributed by atoms with E-state index in [0.29, 0.717) is 6.04 Å². The topological polar surface area (TPSA) is 21.3 Å². The molecule has 0 bridgehead atoms. The number of ether oxygens (including phenoxy) is 1. The van der Waals surface area contributed by atoms with Gasteiger partial charge in [-0.1, -0.05) is 0 Å². The minimum atomic E-state index is -0.191. The Morgan fingerprint density at radius 3 is 2.90 bits per heavy atom. The summed E-state index contributed by atoms with van der Waals surface area (Å²) in [4.78, 5) is 2.71. The van der Waals surface area contributed by atoms with E-state index in [4.69, 9.17) is 4.74 Å². The molecule has 0 amide bonds. The van der Waals surface area contributed by atoms with Crippen molar-refractivity contribution in [1.29, 1.82) is 0 Å². The molecule has 2 nitrogen and oxygen atoms in total. The number of hydrogen-bond donors (Lipinski definition) is 1. The Morgan fingerprint density at radius 1 is 1.38 bits per heavy atom. The number of rotatable bonds is 4. The lowest BCUT2D eigenvalue weighted by atomic mass is 10.1. The van der Waals surface area contributed by atoms with E-state index in [1.54, 1.807) is 12.1 Å². The van der Waals surface area contributed by atoms with Crippen molar-refractivity contribution in [2.45, 2.75) is 39.3 Å². The number of fused-ring (bicyclic) bond motifs is 1. The molecule has 2 atom stereocenters. The van der Waals surface area contributed by atoms with Crippen LogP contribution < -0.4 is 10.1 Å². The van der Waals surface area contributed by atoms with Gasteiger partial charge in [0.15, 0.2) is 0 Å². The molecule has 0 radical (unpaired) electrons. The third kappa shape index (κ3) is 3.11. The quantitative estimate of drug-likeness (QED) is 0.916. The van der Waals surface area contributed by atoms with Crippen molar-refractivity contribution in [2.75, 3.05) is 6.54 Å². The van der Waals surface area contributed by atoms with Crippen molar-refractivity contribution in [3.8, 4) is 5.75 Å². The van der Waals surface area contributed by atoms with Crippen LogP contribution in [0.1, 0.15) is 33.8 Å². The predicted octanol–water partition coefficient (Wildman–Crippen LogP) is 4.16. The van der Waals surface area contributed by atoms with Crippen molar-refractivity contribution in [2.24, 2.45) is 0 Å². The molecule has 2 unspecified atom stereocenters. The summed E-state index contributed by atoms with van der Waals surface area (Å²) in [6, 6.07) is 7.30. The second-order valence-corrected chi connectivity index (χ2v) is 7.15. The highest BCUT2D eigenvalue weighted by Crippen LogP contribution is 2.30. The number of aryl methyl sites for hydroxylation is 2. The molecular weight excluding hydrogens is 285 g/mol.